The summed E-state index contributed by atoms with van der Waals surface area (Å²) in [4.78, 5) is 27.0. The number of carbonyl (C=O) groups is 2. The van der Waals surface area contributed by atoms with E-state index in [-0.39, 0.29) is 16.5 Å². The molecule has 0 aromatic heterocycles. The number of halogens is 1. The summed E-state index contributed by atoms with van der Waals surface area (Å²) >= 11 is 5.93. The number of aliphatic hydroxyl groups excluding tert-OH is 1. The molecule has 1 N–H and O–H groups in total. The van der Waals surface area contributed by atoms with E-state index < -0.39 is 35.0 Å². The third kappa shape index (κ3) is 1.67. The molecule has 3 heterocycles. The molecule has 6 nitrogen and oxygen atoms in total. The summed E-state index contributed by atoms with van der Waals surface area (Å²) < 4.78 is 5.92. The second-order valence-electron chi connectivity index (χ2n) is 7.06. The van der Waals surface area contributed by atoms with Crippen molar-refractivity contribution in [2.24, 2.45) is 11.8 Å². The molecular formula is C17H15ClN2O4. The standard InChI is InChI=1S/C17H15ClN2O4/c1-16-6-11(21)17(2,24-16)13-12(16)14(22)20(15(13)23)9-3-4-10(18)8(5-9)7-19/h3-5,11-13,21H,6H2,1-2H3/t11-,12+,13-,16+,17+/m0/s1. The largest absolute Gasteiger partial charge is 0.390 e. The van der Waals surface area contributed by atoms with E-state index in [0.717, 1.165) is 4.90 Å². The Bertz CT molecular complexity index is 834. The van der Waals surface area contributed by atoms with E-state index in [0.29, 0.717) is 12.1 Å². The molecule has 3 saturated heterocycles. The fourth-order valence-electron chi connectivity index (χ4n) is 4.51. The van der Waals surface area contributed by atoms with E-state index in [1.165, 1.54) is 12.1 Å². The fourth-order valence-corrected chi connectivity index (χ4v) is 4.67. The second kappa shape index (κ2) is 4.57. The topological polar surface area (TPSA) is 90.6 Å². The molecule has 0 saturated carbocycles. The number of fused-ring (bicyclic) bond motifs is 5. The summed E-state index contributed by atoms with van der Waals surface area (Å²) in [6, 6.07) is 6.42. The maximum atomic E-state index is 13.0. The molecule has 7 heteroatoms. The first kappa shape index (κ1) is 15.6. The Morgan fingerprint density at radius 1 is 1.33 bits per heavy atom. The van der Waals surface area contributed by atoms with Crippen LogP contribution in [0.3, 0.4) is 0 Å². The van der Waals surface area contributed by atoms with Gasteiger partial charge in [-0.1, -0.05) is 11.6 Å². The van der Waals surface area contributed by atoms with Crippen molar-refractivity contribution in [2.45, 2.75) is 37.6 Å². The molecule has 3 fully saturated rings. The van der Waals surface area contributed by atoms with E-state index in [9.17, 15) is 14.7 Å². The number of anilines is 1. The highest BCUT2D eigenvalue weighted by atomic mass is 35.5. The number of aliphatic hydroxyl groups is 1. The van der Waals surface area contributed by atoms with Gasteiger partial charge >= 0.3 is 0 Å². The zero-order valence-corrected chi connectivity index (χ0v) is 13.9. The van der Waals surface area contributed by atoms with Crippen molar-refractivity contribution in [3.63, 3.8) is 0 Å². The first-order valence-corrected chi connectivity index (χ1v) is 8.06. The number of nitriles is 1. The van der Waals surface area contributed by atoms with Crippen LogP contribution in [0.15, 0.2) is 18.2 Å². The van der Waals surface area contributed by atoms with Gasteiger partial charge in [0.2, 0.25) is 11.8 Å². The van der Waals surface area contributed by atoms with Gasteiger partial charge in [-0.15, -0.1) is 0 Å². The van der Waals surface area contributed by atoms with Gasteiger partial charge in [-0.2, -0.15) is 5.26 Å². The van der Waals surface area contributed by atoms with Crippen molar-refractivity contribution in [3.05, 3.63) is 28.8 Å². The summed E-state index contributed by atoms with van der Waals surface area (Å²) in [7, 11) is 0. The van der Waals surface area contributed by atoms with E-state index in [2.05, 4.69) is 0 Å². The average Bonchev–Trinajstić information content (AvgIpc) is 3.02. The Hall–Kier alpha value is -1.94. The number of benzene rings is 1. The lowest BCUT2D eigenvalue weighted by molar-refractivity contribution is -0.132. The van der Waals surface area contributed by atoms with Crippen LogP contribution in [0.2, 0.25) is 5.02 Å². The third-order valence-electron chi connectivity index (χ3n) is 5.62. The molecule has 0 spiro atoms. The molecule has 1 aromatic carbocycles. The van der Waals surface area contributed by atoms with E-state index in [1.54, 1.807) is 19.9 Å². The van der Waals surface area contributed by atoms with Crippen LogP contribution in [0.5, 0.6) is 0 Å². The molecule has 0 radical (unpaired) electrons. The van der Waals surface area contributed by atoms with Crippen molar-refractivity contribution in [3.8, 4) is 6.07 Å². The van der Waals surface area contributed by atoms with Crippen molar-refractivity contribution < 1.29 is 19.4 Å². The van der Waals surface area contributed by atoms with Crippen LogP contribution in [0, 0.1) is 23.2 Å². The molecular weight excluding hydrogens is 332 g/mol. The minimum Gasteiger partial charge on any atom is -0.390 e. The zero-order chi connectivity index (χ0) is 17.4. The molecule has 0 unspecified atom stereocenters. The highest BCUT2D eigenvalue weighted by Gasteiger charge is 2.75. The quantitative estimate of drug-likeness (QED) is 0.780. The van der Waals surface area contributed by atoms with E-state index in [4.69, 9.17) is 21.6 Å². The number of hydrogen-bond donors (Lipinski definition) is 1. The Morgan fingerprint density at radius 3 is 2.67 bits per heavy atom. The van der Waals surface area contributed by atoms with Gasteiger partial charge in [0.1, 0.15) is 11.7 Å². The highest BCUT2D eigenvalue weighted by molar-refractivity contribution is 6.32. The SMILES string of the molecule is C[C@@]12O[C@](C)(C[C@@H]1O)[C@H]1C(=O)N(c3ccc(Cl)c(C#N)c3)C(=O)[C@H]12. The molecule has 5 atom stereocenters. The molecule has 2 amide bonds. The number of ether oxygens (including phenoxy) is 1. The van der Waals surface area contributed by atoms with Gasteiger partial charge in [0, 0.05) is 6.42 Å². The van der Waals surface area contributed by atoms with Gasteiger partial charge in [0.15, 0.2) is 0 Å². The third-order valence-corrected chi connectivity index (χ3v) is 5.95. The smallest absolute Gasteiger partial charge is 0.240 e. The summed E-state index contributed by atoms with van der Waals surface area (Å²) in [5.74, 6) is -2.10. The van der Waals surface area contributed by atoms with E-state index >= 15 is 0 Å². The van der Waals surface area contributed by atoms with Crippen molar-refractivity contribution in [2.75, 3.05) is 4.90 Å². The van der Waals surface area contributed by atoms with Gasteiger partial charge in [0.05, 0.1) is 39.8 Å². The van der Waals surface area contributed by atoms with Crippen LogP contribution in [-0.2, 0) is 14.3 Å². The summed E-state index contributed by atoms with van der Waals surface area (Å²) in [5, 5.41) is 19.7. The number of carbonyl (C=O) groups excluding carboxylic acids is 2. The number of amides is 2. The molecule has 2 bridgehead atoms. The molecule has 0 aliphatic carbocycles. The van der Waals surface area contributed by atoms with Crippen molar-refractivity contribution in [1.29, 1.82) is 5.26 Å². The van der Waals surface area contributed by atoms with Crippen LogP contribution in [0.1, 0.15) is 25.8 Å². The first-order chi connectivity index (χ1) is 11.2. The maximum absolute atomic E-state index is 13.0. The minimum absolute atomic E-state index is 0.198. The van der Waals surface area contributed by atoms with Gasteiger partial charge < -0.3 is 9.84 Å². The Labute approximate surface area is 143 Å². The Balaban J connectivity index is 1.81. The second-order valence-corrected chi connectivity index (χ2v) is 7.47. The van der Waals surface area contributed by atoms with Crippen LogP contribution in [0.4, 0.5) is 5.69 Å². The van der Waals surface area contributed by atoms with Crippen LogP contribution in [0.25, 0.3) is 0 Å². The molecule has 124 valence electrons. The van der Waals surface area contributed by atoms with Crippen molar-refractivity contribution in [1.82, 2.24) is 0 Å². The lowest BCUT2D eigenvalue weighted by Crippen LogP contribution is -2.49. The highest BCUT2D eigenvalue weighted by Crippen LogP contribution is 2.60. The predicted molar refractivity (Wildman–Crippen MR) is 84.2 cm³/mol. The Morgan fingerprint density at radius 2 is 2.00 bits per heavy atom. The average molecular weight is 347 g/mol. The summed E-state index contributed by atoms with van der Waals surface area (Å²) in [6.07, 6.45) is -0.470. The molecule has 4 rings (SSSR count). The van der Waals surface area contributed by atoms with Gasteiger partial charge in [-0.3, -0.25) is 9.59 Å². The number of imide groups is 1. The van der Waals surface area contributed by atoms with E-state index in [1.807, 2.05) is 6.07 Å². The summed E-state index contributed by atoms with van der Waals surface area (Å²) in [6.45, 7) is 3.45. The number of rotatable bonds is 1. The first-order valence-electron chi connectivity index (χ1n) is 7.68. The van der Waals surface area contributed by atoms with Crippen LogP contribution in [-0.4, -0.2) is 34.2 Å². The van der Waals surface area contributed by atoms with Crippen LogP contribution >= 0.6 is 11.6 Å². The molecule has 3 aliphatic rings. The predicted octanol–water partition coefficient (Wildman–Crippen LogP) is 1.63. The van der Waals surface area contributed by atoms with Gasteiger partial charge in [0.25, 0.3) is 0 Å². The number of hydrogen-bond acceptors (Lipinski definition) is 5. The Kier molecular flexibility index (Phi) is 2.97. The summed E-state index contributed by atoms with van der Waals surface area (Å²) in [5.41, 5.74) is -1.40. The van der Waals surface area contributed by atoms with Gasteiger partial charge in [-0.25, -0.2) is 4.90 Å². The molecule has 1 aromatic rings. The monoisotopic (exact) mass is 346 g/mol. The lowest BCUT2D eigenvalue weighted by Gasteiger charge is -2.31. The van der Waals surface area contributed by atoms with Crippen LogP contribution < -0.4 is 4.90 Å². The molecule has 24 heavy (non-hydrogen) atoms. The van der Waals surface area contributed by atoms with Gasteiger partial charge in [-0.05, 0) is 32.0 Å². The van der Waals surface area contributed by atoms with Crippen molar-refractivity contribution >= 4 is 29.1 Å². The molecule has 3 aliphatic heterocycles. The number of nitrogens with zero attached hydrogens (tertiary/aromatic N) is 2. The minimum atomic E-state index is -1.06. The maximum Gasteiger partial charge on any atom is 0.240 e. The zero-order valence-electron chi connectivity index (χ0n) is 13.1. The normalized spacial score (nSPS) is 40.1. The fraction of sp³-hybridized carbons (Fsp3) is 0.471. The lowest BCUT2D eigenvalue weighted by atomic mass is 9.67.